The van der Waals surface area contributed by atoms with E-state index < -0.39 is 0 Å². The van der Waals surface area contributed by atoms with Crippen molar-refractivity contribution in [3.8, 4) is 5.75 Å². The quantitative estimate of drug-likeness (QED) is 0.810. The Morgan fingerprint density at radius 2 is 2.10 bits per heavy atom. The molecule has 0 radical (unpaired) electrons. The standard InChI is InChI=1S/C13H17ClN4OS/c1-13(2,3)18-12(15-16-17-18)20-8-9-7-10(14)5-6-11(9)19-4/h5-7H,8H2,1-4H3. The summed E-state index contributed by atoms with van der Waals surface area (Å²) < 4.78 is 7.15. The third-order valence-electron chi connectivity index (χ3n) is 2.68. The molecule has 1 heterocycles. The second kappa shape index (κ2) is 6.01. The minimum atomic E-state index is -0.149. The normalized spacial score (nSPS) is 11.7. The van der Waals surface area contributed by atoms with Crippen LogP contribution < -0.4 is 4.74 Å². The van der Waals surface area contributed by atoms with Crippen molar-refractivity contribution in [1.29, 1.82) is 0 Å². The molecule has 0 fully saturated rings. The minimum absolute atomic E-state index is 0.149. The molecule has 108 valence electrons. The van der Waals surface area contributed by atoms with Gasteiger partial charge in [-0.05, 0) is 49.4 Å². The summed E-state index contributed by atoms with van der Waals surface area (Å²) in [6, 6.07) is 5.58. The highest BCUT2D eigenvalue weighted by Crippen LogP contribution is 2.30. The van der Waals surface area contributed by atoms with Gasteiger partial charge in [0.25, 0.3) is 0 Å². The lowest BCUT2D eigenvalue weighted by Crippen LogP contribution is -2.24. The van der Waals surface area contributed by atoms with Crippen molar-refractivity contribution in [3.05, 3.63) is 28.8 Å². The molecule has 0 saturated heterocycles. The first-order valence-electron chi connectivity index (χ1n) is 6.16. The molecule has 0 bridgehead atoms. The number of tetrazole rings is 1. The Labute approximate surface area is 127 Å². The summed E-state index contributed by atoms with van der Waals surface area (Å²) in [5.41, 5.74) is 0.873. The maximum Gasteiger partial charge on any atom is 0.210 e. The van der Waals surface area contributed by atoms with E-state index >= 15 is 0 Å². The second-order valence-corrected chi connectivity index (χ2v) is 6.67. The number of ether oxygens (including phenoxy) is 1. The Morgan fingerprint density at radius 1 is 1.35 bits per heavy atom. The highest BCUT2D eigenvalue weighted by atomic mass is 35.5. The smallest absolute Gasteiger partial charge is 0.210 e. The first kappa shape index (κ1) is 15.1. The van der Waals surface area contributed by atoms with Gasteiger partial charge in [-0.25, -0.2) is 4.68 Å². The Hall–Kier alpha value is -1.27. The summed E-state index contributed by atoms with van der Waals surface area (Å²) in [5.74, 6) is 1.51. The van der Waals surface area contributed by atoms with E-state index in [4.69, 9.17) is 16.3 Å². The molecule has 0 aliphatic heterocycles. The van der Waals surface area contributed by atoms with Gasteiger partial charge in [0, 0.05) is 16.3 Å². The van der Waals surface area contributed by atoms with Crippen molar-refractivity contribution in [2.75, 3.05) is 7.11 Å². The van der Waals surface area contributed by atoms with Crippen LogP contribution in [0.15, 0.2) is 23.4 Å². The van der Waals surface area contributed by atoms with Crippen LogP contribution in [0, 0.1) is 0 Å². The largest absolute Gasteiger partial charge is 0.496 e. The number of halogens is 1. The lowest BCUT2D eigenvalue weighted by atomic mass is 10.1. The van der Waals surface area contributed by atoms with E-state index in [1.807, 2.05) is 22.9 Å². The zero-order valence-corrected chi connectivity index (χ0v) is 13.5. The summed E-state index contributed by atoms with van der Waals surface area (Å²) in [7, 11) is 1.65. The average Bonchev–Trinajstić information content (AvgIpc) is 2.84. The molecular formula is C13H17ClN4OS. The highest BCUT2D eigenvalue weighted by molar-refractivity contribution is 7.98. The molecule has 0 atom stereocenters. The molecule has 2 rings (SSSR count). The van der Waals surface area contributed by atoms with Gasteiger partial charge < -0.3 is 4.74 Å². The summed E-state index contributed by atoms with van der Waals surface area (Å²) in [6.45, 7) is 6.19. The number of aromatic nitrogens is 4. The molecule has 0 spiro atoms. The van der Waals surface area contributed by atoms with E-state index in [1.165, 1.54) is 0 Å². The first-order chi connectivity index (χ1) is 9.41. The molecule has 7 heteroatoms. The maximum atomic E-state index is 6.03. The van der Waals surface area contributed by atoms with Crippen molar-refractivity contribution < 1.29 is 4.74 Å². The monoisotopic (exact) mass is 312 g/mol. The van der Waals surface area contributed by atoms with E-state index in [0.717, 1.165) is 16.5 Å². The number of rotatable bonds is 4. The van der Waals surface area contributed by atoms with Gasteiger partial charge in [0.15, 0.2) is 0 Å². The molecule has 1 aromatic heterocycles. The van der Waals surface area contributed by atoms with Crippen LogP contribution in [-0.4, -0.2) is 27.3 Å². The van der Waals surface area contributed by atoms with Gasteiger partial charge in [-0.2, -0.15) is 0 Å². The summed E-state index contributed by atoms with van der Waals surface area (Å²) >= 11 is 7.59. The fourth-order valence-corrected chi connectivity index (χ4v) is 2.92. The fourth-order valence-electron chi connectivity index (χ4n) is 1.69. The average molecular weight is 313 g/mol. The van der Waals surface area contributed by atoms with Crippen molar-refractivity contribution in [2.45, 2.75) is 37.2 Å². The highest BCUT2D eigenvalue weighted by Gasteiger charge is 2.20. The van der Waals surface area contributed by atoms with Gasteiger partial charge in [-0.1, -0.05) is 23.4 Å². The first-order valence-corrected chi connectivity index (χ1v) is 7.52. The molecular weight excluding hydrogens is 296 g/mol. The molecule has 1 aromatic carbocycles. The van der Waals surface area contributed by atoms with Gasteiger partial charge in [-0.15, -0.1) is 5.10 Å². The van der Waals surface area contributed by atoms with Gasteiger partial charge in [0.05, 0.1) is 12.6 Å². The van der Waals surface area contributed by atoms with Crippen molar-refractivity contribution in [1.82, 2.24) is 20.2 Å². The number of nitrogens with zero attached hydrogens (tertiary/aromatic N) is 4. The molecule has 0 aliphatic carbocycles. The molecule has 5 nitrogen and oxygen atoms in total. The summed E-state index contributed by atoms with van der Waals surface area (Å²) in [6.07, 6.45) is 0. The van der Waals surface area contributed by atoms with Crippen molar-refractivity contribution in [2.24, 2.45) is 0 Å². The van der Waals surface area contributed by atoms with Crippen LogP contribution in [0.5, 0.6) is 5.75 Å². The number of methoxy groups -OCH3 is 1. The minimum Gasteiger partial charge on any atom is -0.496 e. The van der Waals surface area contributed by atoms with Gasteiger partial charge in [-0.3, -0.25) is 0 Å². The molecule has 0 saturated carbocycles. The second-order valence-electron chi connectivity index (χ2n) is 5.29. The Balaban J connectivity index is 2.17. The molecule has 0 N–H and O–H groups in total. The number of thioether (sulfide) groups is 1. The van der Waals surface area contributed by atoms with E-state index in [0.29, 0.717) is 10.8 Å². The molecule has 0 amide bonds. The molecule has 2 aromatic rings. The van der Waals surface area contributed by atoms with E-state index in [-0.39, 0.29) is 5.54 Å². The third kappa shape index (κ3) is 3.43. The Bertz CT molecular complexity index is 594. The van der Waals surface area contributed by atoms with E-state index in [1.54, 1.807) is 18.9 Å². The van der Waals surface area contributed by atoms with E-state index in [2.05, 4.69) is 36.3 Å². The summed E-state index contributed by atoms with van der Waals surface area (Å²) in [4.78, 5) is 0. The summed E-state index contributed by atoms with van der Waals surface area (Å²) in [5, 5.41) is 13.3. The zero-order valence-electron chi connectivity index (χ0n) is 11.9. The topological polar surface area (TPSA) is 52.8 Å². The van der Waals surface area contributed by atoms with Crippen LogP contribution in [0.25, 0.3) is 0 Å². The maximum absolute atomic E-state index is 6.03. The van der Waals surface area contributed by atoms with Crippen molar-refractivity contribution in [3.63, 3.8) is 0 Å². The predicted octanol–water partition coefficient (Wildman–Crippen LogP) is 3.38. The molecule has 0 unspecified atom stereocenters. The molecule has 0 aliphatic rings. The number of benzene rings is 1. The van der Waals surface area contributed by atoms with Crippen LogP contribution in [0.4, 0.5) is 0 Å². The number of hydrogen-bond acceptors (Lipinski definition) is 5. The van der Waals surface area contributed by atoms with Crippen LogP contribution in [0.1, 0.15) is 26.3 Å². The van der Waals surface area contributed by atoms with Crippen LogP contribution in [0.3, 0.4) is 0 Å². The zero-order chi connectivity index (χ0) is 14.8. The van der Waals surface area contributed by atoms with Gasteiger partial charge >= 0.3 is 0 Å². The third-order valence-corrected chi connectivity index (χ3v) is 3.88. The van der Waals surface area contributed by atoms with Crippen LogP contribution in [0.2, 0.25) is 5.02 Å². The lowest BCUT2D eigenvalue weighted by molar-refractivity contribution is 0.321. The Morgan fingerprint density at radius 3 is 2.75 bits per heavy atom. The van der Waals surface area contributed by atoms with Crippen LogP contribution >= 0.6 is 23.4 Å². The van der Waals surface area contributed by atoms with E-state index in [9.17, 15) is 0 Å². The lowest BCUT2D eigenvalue weighted by Gasteiger charge is -2.19. The predicted molar refractivity (Wildman–Crippen MR) is 80.4 cm³/mol. The van der Waals surface area contributed by atoms with Crippen molar-refractivity contribution >= 4 is 23.4 Å². The number of hydrogen-bond donors (Lipinski definition) is 0. The van der Waals surface area contributed by atoms with Gasteiger partial charge in [0.2, 0.25) is 5.16 Å². The van der Waals surface area contributed by atoms with Gasteiger partial charge in [0.1, 0.15) is 5.75 Å². The molecule has 20 heavy (non-hydrogen) atoms. The fraction of sp³-hybridized carbons (Fsp3) is 0.462. The SMILES string of the molecule is COc1ccc(Cl)cc1CSc1nnnn1C(C)(C)C. The Kier molecular flexibility index (Phi) is 4.55. The van der Waals surface area contributed by atoms with Crippen LogP contribution in [-0.2, 0) is 11.3 Å².